The summed E-state index contributed by atoms with van der Waals surface area (Å²) in [5.74, 6) is 0.514. The number of carbonyl (C=O) groups excluding carboxylic acids is 3. The first-order chi connectivity index (χ1) is 17.4. The molecule has 0 amide bonds. The van der Waals surface area contributed by atoms with E-state index in [9.17, 15) is 23.7 Å². The highest BCUT2D eigenvalue weighted by Gasteiger charge is 2.49. The van der Waals surface area contributed by atoms with E-state index in [2.05, 4.69) is 6.92 Å². The molecule has 9 atom stereocenters. The van der Waals surface area contributed by atoms with Gasteiger partial charge < -0.3 is 19.3 Å². The predicted octanol–water partition coefficient (Wildman–Crippen LogP) is 3.93. The van der Waals surface area contributed by atoms with Crippen LogP contribution in [0.25, 0.3) is 0 Å². The molecule has 2 aliphatic carbocycles. The zero-order chi connectivity index (χ0) is 27.3. The molecule has 0 aromatic heterocycles. The van der Waals surface area contributed by atoms with Crippen LogP contribution in [-0.4, -0.2) is 63.1 Å². The standard InChI is InChI=1S/C28H46O8S/c1-6-28(4,5)27(32)36-24-16-22(37(33)12-11-34-18(3)29)13-19-8-7-17(2)23(26(19)24)10-9-21-14-20(30)15-25(31)35-21/h17,19-24,26,30H,6-16H2,1-5H3/t17-,19-,20+,21+,22-,23-,24-,26-,37+/m0/s1. The fourth-order valence-corrected chi connectivity index (χ4v) is 7.87. The van der Waals surface area contributed by atoms with Gasteiger partial charge in [0.05, 0.1) is 23.7 Å². The Morgan fingerprint density at radius 3 is 2.54 bits per heavy atom. The molecular weight excluding hydrogens is 496 g/mol. The molecule has 2 saturated carbocycles. The predicted molar refractivity (Wildman–Crippen MR) is 140 cm³/mol. The maximum absolute atomic E-state index is 13.2. The highest BCUT2D eigenvalue weighted by molar-refractivity contribution is 7.85. The Labute approximate surface area is 224 Å². The number of esters is 3. The van der Waals surface area contributed by atoms with E-state index in [4.69, 9.17) is 14.2 Å². The van der Waals surface area contributed by atoms with E-state index < -0.39 is 22.3 Å². The Kier molecular flexibility index (Phi) is 10.6. The van der Waals surface area contributed by atoms with Gasteiger partial charge in [-0.25, -0.2) is 0 Å². The summed E-state index contributed by atoms with van der Waals surface area (Å²) in [5.41, 5.74) is -0.598. The zero-order valence-corrected chi connectivity index (χ0v) is 23.9. The first kappa shape index (κ1) is 30.1. The van der Waals surface area contributed by atoms with Crippen LogP contribution in [0.4, 0.5) is 0 Å². The molecule has 0 aromatic rings. The topological polar surface area (TPSA) is 116 Å². The highest BCUT2D eigenvalue weighted by Crippen LogP contribution is 2.50. The molecule has 37 heavy (non-hydrogen) atoms. The zero-order valence-electron chi connectivity index (χ0n) is 23.1. The minimum absolute atomic E-state index is 0.0578. The van der Waals surface area contributed by atoms with Crippen molar-refractivity contribution in [2.45, 2.75) is 116 Å². The monoisotopic (exact) mass is 542 g/mol. The first-order valence-electron chi connectivity index (χ1n) is 14.0. The summed E-state index contributed by atoms with van der Waals surface area (Å²) >= 11 is 0. The van der Waals surface area contributed by atoms with Crippen LogP contribution in [0, 0.1) is 29.1 Å². The van der Waals surface area contributed by atoms with Crippen molar-refractivity contribution in [1.82, 2.24) is 0 Å². The van der Waals surface area contributed by atoms with Crippen LogP contribution in [0.15, 0.2) is 0 Å². The first-order valence-corrected chi connectivity index (χ1v) is 15.4. The van der Waals surface area contributed by atoms with Gasteiger partial charge in [0.1, 0.15) is 18.8 Å². The third-order valence-corrected chi connectivity index (χ3v) is 10.7. The average molecular weight is 543 g/mol. The third-order valence-electron chi connectivity index (χ3n) is 8.97. The second-order valence-electron chi connectivity index (χ2n) is 12.0. The molecular formula is C28H46O8S. The second kappa shape index (κ2) is 13.0. The van der Waals surface area contributed by atoms with Gasteiger partial charge in [0.15, 0.2) is 0 Å². The Morgan fingerprint density at radius 2 is 1.89 bits per heavy atom. The van der Waals surface area contributed by atoms with Gasteiger partial charge in [0, 0.05) is 35.3 Å². The molecule has 1 aliphatic heterocycles. The maximum Gasteiger partial charge on any atom is 0.311 e. The molecule has 212 valence electrons. The van der Waals surface area contributed by atoms with E-state index in [-0.39, 0.29) is 66.0 Å². The van der Waals surface area contributed by atoms with E-state index >= 15 is 0 Å². The van der Waals surface area contributed by atoms with Gasteiger partial charge in [0.25, 0.3) is 0 Å². The van der Waals surface area contributed by atoms with E-state index in [1.54, 1.807) is 0 Å². The number of rotatable bonds is 10. The van der Waals surface area contributed by atoms with Gasteiger partial charge in [-0.05, 0) is 70.1 Å². The SMILES string of the molecule is CCC(C)(C)C(=O)O[C@H]1C[C@@H]([S@](=O)CCOC(C)=O)C[C@@H]2CC[C@H](C)[C@H](CC[C@@H]3C[C@@H](O)CC(=O)O3)[C@H]21. The number of aliphatic hydroxyl groups is 1. The van der Waals surface area contributed by atoms with E-state index in [0.29, 0.717) is 37.5 Å². The minimum atomic E-state index is -1.19. The van der Waals surface area contributed by atoms with Crippen molar-refractivity contribution >= 4 is 28.7 Å². The summed E-state index contributed by atoms with van der Waals surface area (Å²) in [4.78, 5) is 36.2. The number of hydrogen-bond acceptors (Lipinski definition) is 8. The molecule has 8 nitrogen and oxygen atoms in total. The lowest BCUT2D eigenvalue weighted by atomic mass is 9.59. The van der Waals surface area contributed by atoms with Crippen molar-refractivity contribution in [2.75, 3.05) is 12.4 Å². The molecule has 1 N–H and O–H groups in total. The molecule has 0 aromatic carbocycles. The quantitative estimate of drug-likeness (QED) is 0.326. The Balaban J connectivity index is 1.77. The molecule has 1 saturated heterocycles. The lowest BCUT2D eigenvalue weighted by Crippen LogP contribution is -2.51. The Morgan fingerprint density at radius 1 is 1.16 bits per heavy atom. The van der Waals surface area contributed by atoms with Crippen molar-refractivity contribution in [3.05, 3.63) is 0 Å². The van der Waals surface area contributed by atoms with Crippen molar-refractivity contribution in [2.24, 2.45) is 29.1 Å². The fraction of sp³-hybridized carbons (Fsp3) is 0.893. The van der Waals surface area contributed by atoms with Gasteiger partial charge in [-0.2, -0.15) is 0 Å². The van der Waals surface area contributed by atoms with Gasteiger partial charge in [-0.3, -0.25) is 18.6 Å². The van der Waals surface area contributed by atoms with Gasteiger partial charge in [-0.15, -0.1) is 0 Å². The lowest BCUT2D eigenvalue weighted by Gasteiger charge is -2.50. The van der Waals surface area contributed by atoms with Crippen LogP contribution in [0.5, 0.6) is 0 Å². The normalized spacial score (nSPS) is 35.1. The summed E-state index contributed by atoms with van der Waals surface area (Å²) in [7, 11) is -1.19. The van der Waals surface area contributed by atoms with Crippen LogP contribution < -0.4 is 0 Å². The largest absolute Gasteiger partial charge is 0.465 e. The molecule has 0 radical (unpaired) electrons. The highest BCUT2D eigenvalue weighted by atomic mass is 32.2. The number of fused-ring (bicyclic) bond motifs is 1. The van der Waals surface area contributed by atoms with Crippen molar-refractivity contribution in [3.8, 4) is 0 Å². The minimum Gasteiger partial charge on any atom is -0.465 e. The maximum atomic E-state index is 13.2. The molecule has 3 rings (SSSR count). The number of carbonyl (C=O) groups is 3. The van der Waals surface area contributed by atoms with Crippen LogP contribution in [0.3, 0.4) is 0 Å². The van der Waals surface area contributed by atoms with Crippen molar-refractivity contribution < 1.29 is 37.9 Å². The Hall–Kier alpha value is -1.48. The number of aliphatic hydroxyl groups excluding tert-OH is 1. The molecule has 0 spiro atoms. The van der Waals surface area contributed by atoms with E-state index in [1.165, 1.54) is 6.92 Å². The average Bonchev–Trinajstić information content (AvgIpc) is 2.82. The van der Waals surface area contributed by atoms with Gasteiger partial charge >= 0.3 is 17.9 Å². The molecule has 1 heterocycles. The van der Waals surface area contributed by atoms with E-state index in [1.807, 2.05) is 20.8 Å². The van der Waals surface area contributed by atoms with Crippen molar-refractivity contribution in [3.63, 3.8) is 0 Å². The summed E-state index contributed by atoms with van der Waals surface area (Å²) < 4.78 is 30.0. The summed E-state index contributed by atoms with van der Waals surface area (Å²) in [6, 6.07) is 0. The van der Waals surface area contributed by atoms with Crippen LogP contribution in [0.2, 0.25) is 0 Å². The van der Waals surface area contributed by atoms with Crippen LogP contribution >= 0.6 is 0 Å². The lowest BCUT2D eigenvalue weighted by molar-refractivity contribution is -0.172. The number of ether oxygens (including phenoxy) is 3. The molecule has 3 aliphatic rings. The van der Waals surface area contributed by atoms with Crippen LogP contribution in [-0.2, 0) is 39.4 Å². The second-order valence-corrected chi connectivity index (χ2v) is 13.9. The molecule has 9 heteroatoms. The molecule has 0 bridgehead atoms. The summed E-state index contributed by atoms with van der Waals surface area (Å²) in [6.45, 7) is 9.50. The van der Waals surface area contributed by atoms with Gasteiger partial charge in [0.2, 0.25) is 0 Å². The summed E-state index contributed by atoms with van der Waals surface area (Å²) in [5, 5.41) is 9.92. The Bertz CT molecular complexity index is 842. The fourth-order valence-electron chi connectivity index (χ4n) is 6.43. The van der Waals surface area contributed by atoms with Crippen LogP contribution in [0.1, 0.15) is 92.4 Å². The molecule has 0 unspecified atom stereocenters. The number of hydrogen-bond donors (Lipinski definition) is 1. The summed E-state index contributed by atoms with van der Waals surface area (Å²) in [6.07, 6.45) is 4.84. The van der Waals surface area contributed by atoms with E-state index in [0.717, 1.165) is 25.7 Å². The molecule has 3 fully saturated rings. The number of cyclic esters (lactones) is 1. The van der Waals surface area contributed by atoms with Crippen molar-refractivity contribution in [1.29, 1.82) is 0 Å². The smallest absolute Gasteiger partial charge is 0.311 e. The van der Waals surface area contributed by atoms with Gasteiger partial charge in [-0.1, -0.05) is 20.3 Å². The third kappa shape index (κ3) is 8.01.